The van der Waals surface area contributed by atoms with Crippen LogP contribution in [0.4, 0.5) is 4.39 Å². The number of rotatable bonds is 16. The number of hydrogen-bond donors (Lipinski definition) is 1. The van der Waals surface area contributed by atoms with Gasteiger partial charge in [0, 0.05) is 13.0 Å². The van der Waals surface area contributed by atoms with E-state index in [2.05, 4.69) is 11.4 Å². The minimum absolute atomic E-state index is 0.0186. The van der Waals surface area contributed by atoms with E-state index in [1.54, 1.807) is 12.1 Å². The van der Waals surface area contributed by atoms with Crippen molar-refractivity contribution in [2.75, 3.05) is 20.6 Å². The molecule has 1 amide bonds. The lowest BCUT2D eigenvalue weighted by Gasteiger charge is -2.22. The molecule has 0 radical (unpaired) electrons. The van der Waals surface area contributed by atoms with Crippen LogP contribution in [-0.2, 0) is 20.9 Å². The van der Waals surface area contributed by atoms with Gasteiger partial charge in [-0.3, -0.25) is 9.59 Å². The number of carbonyl (C=O) groups excluding carboxylic acids is 2. The van der Waals surface area contributed by atoms with Gasteiger partial charge in [-0.15, -0.1) is 0 Å². The molecule has 0 aliphatic heterocycles. The van der Waals surface area contributed by atoms with E-state index in [0.29, 0.717) is 13.0 Å². The summed E-state index contributed by atoms with van der Waals surface area (Å²) in [6, 6.07) is 15.8. The first-order valence-electron chi connectivity index (χ1n) is 12.5. The number of halogens is 1. The number of nitrogens with zero attached hydrogens (tertiary/aromatic N) is 1. The van der Waals surface area contributed by atoms with Crippen LogP contribution in [-0.4, -0.2) is 43.5 Å². The number of benzene rings is 2. The van der Waals surface area contributed by atoms with Gasteiger partial charge in [-0.2, -0.15) is 0 Å². The number of nitrogens with one attached hydrogen (secondary N) is 1. The number of allylic oxidation sites excluding steroid dienone is 1. The van der Waals surface area contributed by atoms with Crippen LogP contribution >= 0.6 is 0 Å². The van der Waals surface area contributed by atoms with Gasteiger partial charge in [-0.05, 0) is 56.6 Å². The van der Waals surface area contributed by atoms with Gasteiger partial charge in [0.05, 0.1) is 12.5 Å². The summed E-state index contributed by atoms with van der Waals surface area (Å²) in [4.78, 5) is 26.6. The summed E-state index contributed by atoms with van der Waals surface area (Å²) < 4.78 is 18.3. The van der Waals surface area contributed by atoms with Crippen LogP contribution < -0.4 is 5.32 Å². The van der Waals surface area contributed by atoms with E-state index in [9.17, 15) is 14.0 Å². The number of amides is 1. The summed E-state index contributed by atoms with van der Waals surface area (Å²) in [5.74, 6) is -0.546. The van der Waals surface area contributed by atoms with Crippen LogP contribution in [0.5, 0.6) is 0 Å². The van der Waals surface area contributed by atoms with Gasteiger partial charge in [0.25, 0.3) is 0 Å². The lowest BCUT2D eigenvalue weighted by Crippen LogP contribution is -2.43. The van der Waals surface area contributed by atoms with Crippen molar-refractivity contribution in [3.63, 3.8) is 0 Å². The number of ether oxygens (including phenoxy) is 1. The molecule has 0 saturated carbocycles. The number of esters is 1. The summed E-state index contributed by atoms with van der Waals surface area (Å²) in [6.45, 7) is 0.821. The Hall–Kier alpha value is -2.99. The van der Waals surface area contributed by atoms with Gasteiger partial charge in [0.15, 0.2) is 0 Å². The number of carbonyl (C=O) groups is 2. The Labute approximate surface area is 209 Å². The second kappa shape index (κ2) is 16.6. The van der Waals surface area contributed by atoms with Gasteiger partial charge in [0.1, 0.15) is 12.4 Å². The van der Waals surface area contributed by atoms with E-state index in [1.165, 1.54) is 12.1 Å². The predicted molar refractivity (Wildman–Crippen MR) is 139 cm³/mol. The molecule has 0 aromatic heterocycles. The third-order valence-electron chi connectivity index (χ3n) is 5.56. The molecule has 1 atom stereocenters. The van der Waals surface area contributed by atoms with E-state index >= 15 is 0 Å². The Kier molecular flexibility index (Phi) is 13.4. The largest absolute Gasteiger partial charge is 0.461 e. The average molecular weight is 483 g/mol. The van der Waals surface area contributed by atoms with Crippen molar-refractivity contribution >= 4 is 18.0 Å². The summed E-state index contributed by atoms with van der Waals surface area (Å²) in [6.07, 6.45) is 10.9. The van der Waals surface area contributed by atoms with E-state index < -0.39 is 0 Å². The average Bonchev–Trinajstić information content (AvgIpc) is 2.83. The van der Waals surface area contributed by atoms with E-state index in [1.807, 2.05) is 55.4 Å². The predicted octanol–water partition coefficient (Wildman–Crippen LogP) is 5.75. The molecule has 1 N–H and O–H groups in total. The van der Waals surface area contributed by atoms with Crippen molar-refractivity contribution in [3.8, 4) is 0 Å². The molecular formula is C29H39FN2O3. The second-order valence-electron chi connectivity index (χ2n) is 9.14. The molecule has 0 saturated heterocycles. The van der Waals surface area contributed by atoms with E-state index in [0.717, 1.165) is 49.7 Å². The highest BCUT2D eigenvalue weighted by Gasteiger charge is 2.18. The summed E-state index contributed by atoms with van der Waals surface area (Å²) in [5.41, 5.74) is 1.95. The summed E-state index contributed by atoms with van der Waals surface area (Å²) in [5, 5.41) is 3.00. The van der Waals surface area contributed by atoms with Crippen LogP contribution in [0, 0.1) is 5.82 Å². The molecule has 5 nitrogen and oxygen atoms in total. The monoisotopic (exact) mass is 482 g/mol. The molecule has 0 spiro atoms. The maximum Gasteiger partial charge on any atom is 0.308 e. The third kappa shape index (κ3) is 13.5. The fourth-order valence-corrected chi connectivity index (χ4v) is 3.77. The number of unbranched alkanes of at least 4 members (excludes halogenated alkanes) is 5. The molecule has 1 unspecified atom stereocenters. The van der Waals surface area contributed by atoms with Crippen LogP contribution in [0.15, 0.2) is 60.7 Å². The first-order chi connectivity index (χ1) is 16.9. The fourth-order valence-electron chi connectivity index (χ4n) is 3.77. The minimum atomic E-state index is -0.311. The Bertz CT molecular complexity index is 898. The highest BCUT2D eigenvalue weighted by molar-refractivity contribution is 5.77. The molecule has 0 aliphatic carbocycles. The molecule has 190 valence electrons. The molecule has 0 bridgehead atoms. The zero-order valence-electron chi connectivity index (χ0n) is 21.0. The molecule has 2 aromatic rings. The second-order valence-corrected chi connectivity index (χ2v) is 9.14. The van der Waals surface area contributed by atoms with Crippen molar-refractivity contribution in [2.24, 2.45) is 0 Å². The Morgan fingerprint density at radius 3 is 2.37 bits per heavy atom. The Balaban J connectivity index is 1.57. The molecule has 6 heteroatoms. The van der Waals surface area contributed by atoms with Crippen LogP contribution in [0.1, 0.15) is 62.5 Å². The fraction of sp³-hybridized carbons (Fsp3) is 0.448. The smallest absolute Gasteiger partial charge is 0.308 e. The van der Waals surface area contributed by atoms with Crippen molar-refractivity contribution < 1.29 is 18.7 Å². The zero-order chi connectivity index (χ0) is 25.3. The lowest BCUT2D eigenvalue weighted by atomic mass is 10.1. The standard InChI is InChI=1S/C29H39FN2O3/c1-32(2)22-27(21-29(34)35-23-25-14-10-8-11-15-25)31-28(33)16-12-7-5-3-4-6-9-13-24-17-19-26(30)20-18-24/h8-11,13-15,17-20,27H,3-7,12,16,21-23H2,1-2H3,(H,31,33). The van der Waals surface area contributed by atoms with Gasteiger partial charge in [-0.1, -0.05) is 73.9 Å². The van der Waals surface area contributed by atoms with Crippen molar-refractivity contribution in [1.29, 1.82) is 0 Å². The molecule has 0 aliphatic rings. The Morgan fingerprint density at radius 2 is 1.66 bits per heavy atom. The van der Waals surface area contributed by atoms with Gasteiger partial charge < -0.3 is 15.0 Å². The molecule has 0 fully saturated rings. The first kappa shape index (κ1) is 28.2. The first-order valence-corrected chi connectivity index (χ1v) is 12.5. The molecular weight excluding hydrogens is 443 g/mol. The molecule has 2 aromatic carbocycles. The summed E-state index contributed by atoms with van der Waals surface area (Å²) >= 11 is 0. The van der Waals surface area contributed by atoms with Crippen molar-refractivity contribution in [3.05, 3.63) is 77.6 Å². The van der Waals surface area contributed by atoms with E-state index in [-0.39, 0.29) is 36.8 Å². The lowest BCUT2D eigenvalue weighted by molar-refractivity contribution is -0.145. The molecule has 0 heterocycles. The summed E-state index contributed by atoms with van der Waals surface area (Å²) in [7, 11) is 3.84. The van der Waals surface area contributed by atoms with Crippen LogP contribution in [0.2, 0.25) is 0 Å². The maximum absolute atomic E-state index is 12.9. The Morgan fingerprint density at radius 1 is 0.971 bits per heavy atom. The van der Waals surface area contributed by atoms with E-state index in [4.69, 9.17) is 4.74 Å². The highest BCUT2D eigenvalue weighted by Crippen LogP contribution is 2.10. The normalized spacial score (nSPS) is 12.1. The topological polar surface area (TPSA) is 58.6 Å². The third-order valence-corrected chi connectivity index (χ3v) is 5.56. The highest BCUT2D eigenvalue weighted by atomic mass is 19.1. The van der Waals surface area contributed by atoms with Crippen molar-refractivity contribution in [1.82, 2.24) is 10.2 Å². The van der Waals surface area contributed by atoms with Crippen LogP contribution in [0.3, 0.4) is 0 Å². The van der Waals surface area contributed by atoms with Gasteiger partial charge in [-0.25, -0.2) is 4.39 Å². The minimum Gasteiger partial charge on any atom is -0.461 e. The number of likely N-dealkylation sites (N-methyl/N-ethyl adjacent to an activating group) is 1. The van der Waals surface area contributed by atoms with Crippen molar-refractivity contribution in [2.45, 2.75) is 64.0 Å². The SMILES string of the molecule is CN(C)CC(CC(=O)OCc1ccccc1)NC(=O)CCCCCCCC=Cc1ccc(F)cc1. The molecule has 2 rings (SSSR count). The van der Waals surface area contributed by atoms with Crippen LogP contribution in [0.25, 0.3) is 6.08 Å². The van der Waals surface area contributed by atoms with Gasteiger partial charge in [0.2, 0.25) is 5.91 Å². The number of hydrogen-bond acceptors (Lipinski definition) is 4. The van der Waals surface area contributed by atoms with Gasteiger partial charge >= 0.3 is 5.97 Å². The molecule has 35 heavy (non-hydrogen) atoms. The quantitative estimate of drug-likeness (QED) is 0.245. The zero-order valence-corrected chi connectivity index (χ0v) is 21.0. The maximum atomic E-state index is 12.9.